The number of thiazole rings is 1. The number of carbonyl (C=O) groups is 1. The minimum absolute atomic E-state index is 0.0217. The summed E-state index contributed by atoms with van der Waals surface area (Å²) in [5.74, 6) is -0.177. The molecule has 0 aliphatic rings. The van der Waals surface area contributed by atoms with Crippen molar-refractivity contribution in [2.45, 2.75) is 22.9 Å². The summed E-state index contributed by atoms with van der Waals surface area (Å²) < 4.78 is 1.92. The first-order chi connectivity index (χ1) is 14.5. The molecule has 0 fully saturated rings. The maximum absolute atomic E-state index is 12.7. The number of nitrogens with one attached hydrogen (secondary N) is 1. The number of hydrogen-bond donors (Lipinski definition) is 1. The van der Waals surface area contributed by atoms with Crippen molar-refractivity contribution in [1.29, 1.82) is 0 Å². The largest absolute Gasteiger partial charge is 0.300 e. The molecular weight excluding hydrogens is 442 g/mol. The average molecular weight is 458 g/mol. The van der Waals surface area contributed by atoms with Crippen molar-refractivity contribution < 1.29 is 9.72 Å². The number of rotatable bonds is 7. The monoisotopic (exact) mass is 457 g/mol. The molecule has 2 heterocycles. The summed E-state index contributed by atoms with van der Waals surface area (Å²) in [5.41, 5.74) is 1.48. The first-order valence-corrected chi connectivity index (χ1v) is 11.5. The summed E-state index contributed by atoms with van der Waals surface area (Å²) in [6, 6.07) is 14.0. The van der Waals surface area contributed by atoms with Gasteiger partial charge in [0.25, 0.3) is 5.69 Å². The molecule has 0 aliphatic carbocycles. The number of anilines is 1. The maximum Gasteiger partial charge on any atom is 0.270 e. The molecule has 152 valence electrons. The van der Waals surface area contributed by atoms with E-state index in [1.807, 2.05) is 31.2 Å². The first kappa shape index (κ1) is 20.4. The predicted molar refractivity (Wildman–Crippen MR) is 120 cm³/mol. The summed E-state index contributed by atoms with van der Waals surface area (Å²) in [6.45, 7) is 1.94. The molecule has 0 radical (unpaired) electrons. The van der Waals surface area contributed by atoms with Crippen molar-refractivity contribution >= 4 is 61.4 Å². The third kappa shape index (κ3) is 4.48. The van der Waals surface area contributed by atoms with Crippen molar-refractivity contribution in [3.8, 4) is 10.6 Å². The number of nitro benzene ring substituents is 1. The minimum atomic E-state index is -0.460. The fourth-order valence-electron chi connectivity index (χ4n) is 2.67. The number of para-hydroxylation sites is 1. The Hall–Kier alpha value is -2.89. The highest BCUT2D eigenvalue weighted by atomic mass is 32.2. The normalized spacial score (nSPS) is 12.0. The number of aromatic nitrogens is 3. The molecule has 4 rings (SSSR count). The van der Waals surface area contributed by atoms with Crippen LogP contribution in [0.3, 0.4) is 0 Å². The van der Waals surface area contributed by atoms with Gasteiger partial charge in [-0.2, -0.15) is 0 Å². The Bertz CT molecular complexity index is 1190. The molecule has 4 aromatic rings. The molecule has 1 unspecified atom stereocenters. The van der Waals surface area contributed by atoms with Crippen LogP contribution in [0.15, 0.2) is 52.9 Å². The Kier molecular flexibility index (Phi) is 6.02. The van der Waals surface area contributed by atoms with E-state index < -0.39 is 4.92 Å². The number of fused-ring (bicyclic) bond motifs is 1. The van der Waals surface area contributed by atoms with Gasteiger partial charge >= 0.3 is 0 Å². The Balaban J connectivity index is 1.46. The second-order valence-corrected chi connectivity index (χ2v) is 9.63. The average Bonchev–Trinajstić information content (AvgIpc) is 3.38. The van der Waals surface area contributed by atoms with Crippen LogP contribution in [0.4, 0.5) is 10.8 Å². The van der Waals surface area contributed by atoms with Gasteiger partial charge in [0.2, 0.25) is 11.0 Å². The van der Waals surface area contributed by atoms with Crippen LogP contribution in [0.1, 0.15) is 13.3 Å². The van der Waals surface area contributed by atoms with E-state index in [0.717, 1.165) is 14.6 Å². The molecule has 30 heavy (non-hydrogen) atoms. The number of hydrogen-bond acceptors (Lipinski definition) is 9. The van der Waals surface area contributed by atoms with Gasteiger partial charge in [0.15, 0.2) is 4.34 Å². The van der Waals surface area contributed by atoms with Crippen LogP contribution in [-0.2, 0) is 4.79 Å². The van der Waals surface area contributed by atoms with E-state index in [9.17, 15) is 14.9 Å². The van der Waals surface area contributed by atoms with E-state index in [4.69, 9.17) is 0 Å². The zero-order chi connectivity index (χ0) is 21.1. The number of thioether (sulfide) groups is 1. The summed E-state index contributed by atoms with van der Waals surface area (Å²) in [7, 11) is 0. The Morgan fingerprint density at radius 1 is 1.20 bits per heavy atom. The van der Waals surface area contributed by atoms with E-state index in [1.54, 1.807) is 23.5 Å². The SMILES string of the molecule is CCC(Sc1nc2ccccc2s1)C(=O)Nc1nnc(-c2cccc([N+](=O)[O-])c2)s1. The highest BCUT2D eigenvalue weighted by Crippen LogP contribution is 2.34. The third-order valence-corrected chi connectivity index (χ3v) is 7.52. The number of amides is 1. The highest BCUT2D eigenvalue weighted by Gasteiger charge is 2.22. The molecule has 0 bridgehead atoms. The highest BCUT2D eigenvalue weighted by molar-refractivity contribution is 8.02. The van der Waals surface area contributed by atoms with Crippen LogP contribution in [-0.4, -0.2) is 31.3 Å². The smallest absolute Gasteiger partial charge is 0.270 e. The standard InChI is InChI=1S/C19H15N5O3S3/c1-2-14(28-19-20-13-8-3-4-9-15(13)29-19)16(25)21-18-23-22-17(30-18)11-6-5-7-12(10-11)24(26)27/h3-10,14H,2H2,1H3,(H,21,23,25). The summed E-state index contributed by atoms with van der Waals surface area (Å²) in [5, 5.41) is 22.4. The number of nitro groups is 1. The second kappa shape index (κ2) is 8.86. The summed E-state index contributed by atoms with van der Waals surface area (Å²) in [6.07, 6.45) is 0.628. The quantitative estimate of drug-likeness (QED) is 0.230. The van der Waals surface area contributed by atoms with Crippen molar-refractivity contribution in [3.05, 3.63) is 58.6 Å². The van der Waals surface area contributed by atoms with Gasteiger partial charge < -0.3 is 0 Å². The molecule has 1 N–H and O–H groups in total. The van der Waals surface area contributed by atoms with Crippen LogP contribution >= 0.6 is 34.4 Å². The van der Waals surface area contributed by atoms with Crippen LogP contribution in [0, 0.1) is 10.1 Å². The van der Waals surface area contributed by atoms with Crippen LogP contribution < -0.4 is 5.32 Å². The van der Waals surface area contributed by atoms with Crippen molar-refractivity contribution in [1.82, 2.24) is 15.2 Å². The lowest BCUT2D eigenvalue weighted by molar-refractivity contribution is -0.384. The van der Waals surface area contributed by atoms with Gasteiger partial charge in [-0.15, -0.1) is 21.5 Å². The zero-order valence-electron chi connectivity index (χ0n) is 15.6. The molecular formula is C19H15N5O3S3. The molecule has 0 aliphatic heterocycles. The van der Waals surface area contributed by atoms with Gasteiger partial charge in [-0.05, 0) is 18.6 Å². The zero-order valence-corrected chi connectivity index (χ0v) is 18.1. The minimum Gasteiger partial charge on any atom is -0.300 e. The van der Waals surface area contributed by atoms with E-state index in [0.29, 0.717) is 22.1 Å². The molecule has 8 nitrogen and oxygen atoms in total. The molecule has 0 spiro atoms. The first-order valence-electron chi connectivity index (χ1n) is 8.95. The third-order valence-electron chi connectivity index (χ3n) is 4.14. The van der Waals surface area contributed by atoms with E-state index in [2.05, 4.69) is 20.5 Å². The Morgan fingerprint density at radius 2 is 2.03 bits per heavy atom. The topological polar surface area (TPSA) is 111 Å². The fraction of sp³-hybridized carbons (Fsp3) is 0.158. The van der Waals surface area contributed by atoms with Gasteiger partial charge in [0.05, 0.1) is 20.4 Å². The van der Waals surface area contributed by atoms with Crippen molar-refractivity contribution in [2.75, 3.05) is 5.32 Å². The van der Waals surface area contributed by atoms with Gasteiger partial charge in [-0.25, -0.2) is 4.98 Å². The fourth-order valence-corrected chi connectivity index (χ4v) is 5.65. The maximum atomic E-state index is 12.7. The van der Waals surface area contributed by atoms with E-state index in [-0.39, 0.29) is 16.8 Å². The predicted octanol–water partition coefficient (Wildman–Crippen LogP) is 5.23. The Morgan fingerprint density at radius 3 is 2.80 bits per heavy atom. The van der Waals surface area contributed by atoms with Crippen molar-refractivity contribution in [2.24, 2.45) is 0 Å². The van der Waals surface area contributed by atoms with Crippen molar-refractivity contribution in [3.63, 3.8) is 0 Å². The van der Waals surface area contributed by atoms with Crippen LogP contribution in [0.25, 0.3) is 20.8 Å². The van der Waals surface area contributed by atoms with E-state index >= 15 is 0 Å². The molecule has 0 saturated heterocycles. The van der Waals surface area contributed by atoms with E-state index in [1.165, 1.54) is 35.2 Å². The number of nitrogens with zero attached hydrogens (tertiary/aromatic N) is 4. The van der Waals surface area contributed by atoms with Crippen LogP contribution in [0.2, 0.25) is 0 Å². The Labute approximate surface area is 183 Å². The lowest BCUT2D eigenvalue weighted by Crippen LogP contribution is -2.24. The second-order valence-electron chi connectivity index (χ2n) is 6.17. The number of carbonyl (C=O) groups excluding carboxylic acids is 1. The van der Waals surface area contributed by atoms with Gasteiger partial charge in [-0.1, -0.05) is 54.3 Å². The summed E-state index contributed by atoms with van der Waals surface area (Å²) in [4.78, 5) is 27.8. The molecule has 1 amide bonds. The number of non-ortho nitro benzene ring substituents is 1. The van der Waals surface area contributed by atoms with Crippen LogP contribution in [0.5, 0.6) is 0 Å². The molecule has 2 aromatic heterocycles. The lowest BCUT2D eigenvalue weighted by Gasteiger charge is -2.11. The molecule has 11 heteroatoms. The number of benzene rings is 2. The van der Waals surface area contributed by atoms with Gasteiger partial charge in [0, 0.05) is 17.7 Å². The molecule has 1 atom stereocenters. The molecule has 0 saturated carbocycles. The van der Waals surface area contributed by atoms with Gasteiger partial charge in [-0.3, -0.25) is 20.2 Å². The van der Waals surface area contributed by atoms with Gasteiger partial charge in [0.1, 0.15) is 5.01 Å². The molecule has 2 aromatic carbocycles. The summed E-state index contributed by atoms with van der Waals surface area (Å²) >= 11 is 4.16. The lowest BCUT2D eigenvalue weighted by atomic mass is 10.2.